The Morgan fingerprint density at radius 2 is 1.82 bits per heavy atom. The first-order chi connectivity index (χ1) is 13.7. The molecule has 28 heavy (non-hydrogen) atoms. The van der Waals surface area contributed by atoms with Gasteiger partial charge in [-0.2, -0.15) is 0 Å². The highest BCUT2D eigenvalue weighted by Crippen LogP contribution is 2.27. The number of aliphatic hydroxyl groups excluding tert-OH is 1. The van der Waals surface area contributed by atoms with Gasteiger partial charge in [0.25, 0.3) is 0 Å². The van der Waals surface area contributed by atoms with Gasteiger partial charge in [-0.1, -0.05) is 36.4 Å². The van der Waals surface area contributed by atoms with Crippen molar-refractivity contribution in [3.05, 3.63) is 72.6 Å². The minimum atomic E-state index is -0.769. The maximum atomic E-state index is 12.1. The van der Waals surface area contributed by atoms with E-state index in [0.717, 1.165) is 21.8 Å². The van der Waals surface area contributed by atoms with E-state index in [-0.39, 0.29) is 6.61 Å². The highest BCUT2D eigenvalue weighted by molar-refractivity contribution is 5.98. The number of ether oxygens (including phenoxy) is 2. The second-order valence-electron chi connectivity index (χ2n) is 6.54. The molecule has 0 aliphatic rings. The SMILES string of the molecule is COC(=O)c1cc2ccccc2cc1OCC(O)Cn1cnc2ccccc21. The lowest BCUT2D eigenvalue weighted by Gasteiger charge is -2.16. The molecule has 0 aliphatic heterocycles. The minimum Gasteiger partial charge on any atom is -0.490 e. The Kier molecular flexibility index (Phi) is 4.95. The molecule has 3 aromatic carbocycles. The van der Waals surface area contributed by atoms with E-state index in [1.807, 2.05) is 53.1 Å². The lowest BCUT2D eigenvalue weighted by Crippen LogP contribution is -2.23. The second kappa shape index (κ2) is 7.70. The molecule has 0 radical (unpaired) electrons. The maximum absolute atomic E-state index is 12.1. The Balaban J connectivity index is 1.53. The molecule has 0 saturated heterocycles. The summed E-state index contributed by atoms with van der Waals surface area (Å²) >= 11 is 0. The lowest BCUT2D eigenvalue weighted by molar-refractivity contribution is 0.0586. The van der Waals surface area contributed by atoms with Crippen molar-refractivity contribution >= 4 is 27.8 Å². The molecule has 0 saturated carbocycles. The number of carbonyl (C=O) groups is 1. The molecule has 4 aromatic rings. The molecule has 1 N–H and O–H groups in total. The van der Waals surface area contributed by atoms with Crippen LogP contribution in [0.3, 0.4) is 0 Å². The van der Waals surface area contributed by atoms with Crippen molar-refractivity contribution in [2.45, 2.75) is 12.6 Å². The predicted molar refractivity (Wildman–Crippen MR) is 107 cm³/mol. The van der Waals surface area contributed by atoms with Crippen molar-refractivity contribution in [3.8, 4) is 5.75 Å². The van der Waals surface area contributed by atoms with Gasteiger partial charge in [0, 0.05) is 0 Å². The largest absolute Gasteiger partial charge is 0.490 e. The number of esters is 1. The molecule has 1 unspecified atom stereocenters. The molecule has 0 spiro atoms. The molecule has 1 heterocycles. The molecule has 0 aliphatic carbocycles. The summed E-state index contributed by atoms with van der Waals surface area (Å²) in [6.45, 7) is 0.372. The van der Waals surface area contributed by atoms with Crippen LogP contribution in [0.15, 0.2) is 67.0 Å². The molecule has 6 heteroatoms. The number of carbonyl (C=O) groups excluding carboxylic acids is 1. The summed E-state index contributed by atoms with van der Waals surface area (Å²) in [7, 11) is 1.33. The molecule has 1 atom stereocenters. The van der Waals surface area contributed by atoms with Crippen LogP contribution in [0.1, 0.15) is 10.4 Å². The van der Waals surface area contributed by atoms with Gasteiger partial charge in [-0.3, -0.25) is 0 Å². The van der Waals surface area contributed by atoms with Crippen molar-refractivity contribution in [2.75, 3.05) is 13.7 Å². The third-order valence-corrected chi connectivity index (χ3v) is 4.62. The first-order valence-corrected chi connectivity index (χ1v) is 8.97. The fourth-order valence-corrected chi connectivity index (χ4v) is 3.23. The van der Waals surface area contributed by atoms with E-state index in [1.54, 1.807) is 18.5 Å². The molecule has 142 valence electrons. The van der Waals surface area contributed by atoms with Crippen molar-refractivity contribution in [1.29, 1.82) is 0 Å². The molecular formula is C22H20N2O4. The average Bonchev–Trinajstić information content (AvgIpc) is 3.13. The van der Waals surface area contributed by atoms with E-state index in [0.29, 0.717) is 17.9 Å². The van der Waals surface area contributed by atoms with Crippen LogP contribution in [0.4, 0.5) is 0 Å². The number of aromatic nitrogens is 2. The van der Waals surface area contributed by atoms with Gasteiger partial charge in [-0.15, -0.1) is 0 Å². The third kappa shape index (κ3) is 3.54. The summed E-state index contributed by atoms with van der Waals surface area (Å²) in [6, 6.07) is 19.0. The second-order valence-corrected chi connectivity index (χ2v) is 6.54. The number of methoxy groups -OCH3 is 1. The average molecular weight is 376 g/mol. The topological polar surface area (TPSA) is 73.6 Å². The molecular weight excluding hydrogens is 356 g/mol. The molecule has 0 bridgehead atoms. The smallest absolute Gasteiger partial charge is 0.341 e. The highest BCUT2D eigenvalue weighted by atomic mass is 16.5. The van der Waals surface area contributed by atoms with Crippen LogP contribution in [0.2, 0.25) is 0 Å². The Morgan fingerprint density at radius 1 is 1.11 bits per heavy atom. The van der Waals surface area contributed by atoms with Crippen LogP contribution in [0, 0.1) is 0 Å². The van der Waals surface area contributed by atoms with E-state index in [9.17, 15) is 9.90 Å². The van der Waals surface area contributed by atoms with Crippen LogP contribution < -0.4 is 4.74 Å². The summed E-state index contributed by atoms with van der Waals surface area (Å²) in [4.78, 5) is 16.5. The van der Waals surface area contributed by atoms with Crippen LogP contribution in [-0.2, 0) is 11.3 Å². The zero-order chi connectivity index (χ0) is 19.5. The number of hydrogen-bond donors (Lipinski definition) is 1. The fourth-order valence-electron chi connectivity index (χ4n) is 3.23. The first kappa shape index (κ1) is 18.0. The number of aliphatic hydroxyl groups is 1. The monoisotopic (exact) mass is 376 g/mol. The van der Waals surface area contributed by atoms with Crippen LogP contribution in [0.5, 0.6) is 5.75 Å². The summed E-state index contributed by atoms with van der Waals surface area (Å²) < 4.78 is 12.6. The Hall–Kier alpha value is -3.38. The van der Waals surface area contributed by atoms with Crippen molar-refractivity contribution in [3.63, 3.8) is 0 Å². The number of rotatable bonds is 6. The zero-order valence-electron chi connectivity index (χ0n) is 15.4. The van der Waals surface area contributed by atoms with Gasteiger partial charge in [0.2, 0.25) is 0 Å². The van der Waals surface area contributed by atoms with Crippen LogP contribution in [-0.4, -0.2) is 40.4 Å². The van der Waals surface area contributed by atoms with E-state index in [4.69, 9.17) is 9.47 Å². The van der Waals surface area contributed by atoms with E-state index >= 15 is 0 Å². The molecule has 1 aromatic heterocycles. The molecule has 6 nitrogen and oxygen atoms in total. The number of hydrogen-bond acceptors (Lipinski definition) is 5. The summed E-state index contributed by atoms with van der Waals surface area (Å²) in [5, 5.41) is 12.3. The van der Waals surface area contributed by atoms with Crippen molar-refractivity contribution < 1.29 is 19.4 Å². The Bertz CT molecular complexity index is 1140. The first-order valence-electron chi connectivity index (χ1n) is 8.97. The van der Waals surface area contributed by atoms with Crippen molar-refractivity contribution in [2.24, 2.45) is 0 Å². The van der Waals surface area contributed by atoms with Gasteiger partial charge in [-0.05, 0) is 35.0 Å². The summed E-state index contributed by atoms with van der Waals surface area (Å²) in [6.07, 6.45) is 0.929. The Morgan fingerprint density at radius 3 is 2.61 bits per heavy atom. The minimum absolute atomic E-state index is 0.0365. The number of para-hydroxylation sites is 2. The van der Waals surface area contributed by atoms with Crippen molar-refractivity contribution in [1.82, 2.24) is 9.55 Å². The number of imidazole rings is 1. The fraction of sp³-hybridized carbons (Fsp3) is 0.182. The van der Waals surface area contributed by atoms with Gasteiger partial charge in [0.05, 0.1) is 31.0 Å². The highest BCUT2D eigenvalue weighted by Gasteiger charge is 2.16. The molecule has 0 amide bonds. The molecule has 4 rings (SSSR count). The predicted octanol–water partition coefficient (Wildman–Crippen LogP) is 3.42. The van der Waals surface area contributed by atoms with Gasteiger partial charge >= 0.3 is 5.97 Å². The van der Waals surface area contributed by atoms with Crippen LogP contribution >= 0.6 is 0 Å². The van der Waals surface area contributed by atoms with Gasteiger partial charge in [0.1, 0.15) is 24.0 Å². The standard InChI is InChI=1S/C22H20N2O4/c1-27-22(26)18-10-15-6-2-3-7-16(15)11-21(18)28-13-17(25)12-24-14-23-19-8-4-5-9-20(19)24/h2-11,14,17,25H,12-13H2,1H3. The van der Waals surface area contributed by atoms with Gasteiger partial charge in [0.15, 0.2) is 0 Å². The number of benzene rings is 3. The zero-order valence-corrected chi connectivity index (χ0v) is 15.4. The lowest BCUT2D eigenvalue weighted by atomic mass is 10.1. The summed E-state index contributed by atoms with van der Waals surface area (Å²) in [5.74, 6) is -0.0871. The van der Waals surface area contributed by atoms with Gasteiger partial charge < -0.3 is 19.1 Å². The third-order valence-electron chi connectivity index (χ3n) is 4.62. The van der Waals surface area contributed by atoms with E-state index in [2.05, 4.69) is 4.98 Å². The Labute approximate surface area is 161 Å². The van der Waals surface area contributed by atoms with E-state index in [1.165, 1.54) is 7.11 Å². The van der Waals surface area contributed by atoms with Gasteiger partial charge in [-0.25, -0.2) is 9.78 Å². The molecule has 0 fully saturated rings. The van der Waals surface area contributed by atoms with Crippen LogP contribution in [0.25, 0.3) is 21.8 Å². The quantitative estimate of drug-likeness (QED) is 0.522. The maximum Gasteiger partial charge on any atom is 0.341 e. The number of fused-ring (bicyclic) bond motifs is 2. The number of nitrogens with zero attached hydrogens (tertiary/aromatic N) is 2. The normalized spacial score (nSPS) is 12.2. The van der Waals surface area contributed by atoms with E-state index < -0.39 is 12.1 Å². The summed E-state index contributed by atoms with van der Waals surface area (Å²) in [5.41, 5.74) is 2.15.